The van der Waals surface area contributed by atoms with E-state index in [0.29, 0.717) is 60.5 Å². The van der Waals surface area contributed by atoms with Crippen molar-refractivity contribution in [3.63, 3.8) is 0 Å². The van der Waals surface area contributed by atoms with Crippen LogP contribution in [0, 0.1) is 11.3 Å². The lowest BCUT2D eigenvalue weighted by Gasteiger charge is -2.30. The van der Waals surface area contributed by atoms with Crippen molar-refractivity contribution in [1.29, 1.82) is 5.26 Å². The molecule has 1 fully saturated rings. The number of methoxy groups -OCH3 is 1. The highest BCUT2D eigenvalue weighted by atomic mass is 32.2. The summed E-state index contributed by atoms with van der Waals surface area (Å²) in [6.07, 6.45) is 1.42. The number of sulfonamides is 1. The van der Waals surface area contributed by atoms with Gasteiger partial charge in [0.05, 0.1) is 26.0 Å². The van der Waals surface area contributed by atoms with E-state index < -0.39 is 15.9 Å². The summed E-state index contributed by atoms with van der Waals surface area (Å²) in [6, 6.07) is 18.1. The van der Waals surface area contributed by atoms with Crippen LogP contribution in [0.5, 0.6) is 17.2 Å². The molecule has 2 N–H and O–H groups in total. The van der Waals surface area contributed by atoms with Gasteiger partial charge in [-0.3, -0.25) is 9.52 Å². The summed E-state index contributed by atoms with van der Waals surface area (Å²) in [5.41, 5.74) is 1.44. The van der Waals surface area contributed by atoms with Gasteiger partial charge in [-0.15, -0.1) is 0 Å². The predicted octanol–water partition coefficient (Wildman–Crippen LogP) is 3.61. The Bertz CT molecular complexity index is 1590. The number of anilines is 3. The van der Waals surface area contributed by atoms with Crippen molar-refractivity contribution in [2.24, 2.45) is 0 Å². The van der Waals surface area contributed by atoms with Gasteiger partial charge in [0.2, 0.25) is 6.79 Å². The summed E-state index contributed by atoms with van der Waals surface area (Å²) in [5, 5.41) is 12.3. The number of morpholine rings is 1. The lowest BCUT2D eigenvalue weighted by Crippen LogP contribution is -2.37. The molecule has 40 heavy (non-hydrogen) atoms. The molecule has 0 saturated carbocycles. The van der Waals surface area contributed by atoms with Crippen LogP contribution in [0.3, 0.4) is 0 Å². The van der Waals surface area contributed by atoms with Crippen LogP contribution in [0.2, 0.25) is 0 Å². The van der Waals surface area contributed by atoms with E-state index in [1.165, 1.54) is 19.3 Å². The molecule has 3 aromatic rings. The lowest BCUT2D eigenvalue weighted by atomic mass is 10.1. The van der Waals surface area contributed by atoms with Crippen LogP contribution >= 0.6 is 0 Å². The van der Waals surface area contributed by atoms with E-state index in [2.05, 4.69) is 10.0 Å². The first-order chi connectivity index (χ1) is 19.4. The van der Waals surface area contributed by atoms with Crippen molar-refractivity contribution in [2.75, 3.05) is 55.1 Å². The molecule has 0 atom stereocenters. The SMILES string of the molecule is COc1ccc(NS(=O)(=O)c2cc(NC(=O)/C(C#N)=C/c3ccc4c(c3)OCO4)ccc2N2CCOCC2)cc1. The van der Waals surface area contributed by atoms with E-state index in [0.717, 1.165) is 0 Å². The monoisotopic (exact) mass is 562 g/mol. The van der Waals surface area contributed by atoms with Gasteiger partial charge < -0.3 is 29.2 Å². The summed E-state index contributed by atoms with van der Waals surface area (Å²) >= 11 is 0. The summed E-state index contributed by atoms with van der Waals surface area (Å²) < 4.78 is 51.0. The zero-order valence-corrected chi connectivity index (χ0v) is 22.4. The largest absolute Gasteiger partial charge is 0.497 e. The first-order valence-corrected chi connectivity index (χ1v) is 13.8. The Hall–Kier alpha value is -4.73. The molecule has 206 valence electrons. The maximum absolute atomic E-state index is 13.6. The smallest absolute Gasteiger partial charge is 0.266 e. The van der Waals surface area contributed by atoms with Crippen molar-refractivity contribution < 1.29 is 32.2 Å². The van der Waals surface area contributed by atoms with Crippen LogP contribution in [0.15, 0.2) is 71.1 Å². The van der Waals surface area contributed by atoms with Gasteiger partial charge in [-0.2, -0.15) is 5.26 Å². The Labute approximate surface area is 231 Å². The van der Waals surface area contributed by atoms with Gasteiger partial charge in [0.15, 0.2) is 11.5 Å². The fourth-order valence-electron chi connectivity index (χ4n) is 4.26. The van der Waals surface area contributed by atoms with E-state index in [-0.39, 0.29) is 22.9 Å². The average Bonchev–Trinajstić information content (AvgIpc) is 3.44. The van der Waals surface area contributed by atoms with E-state index in [1.807, 2.05) is 11.0 Å². The quantitative estimate of drug-likeness (QED) is 0.311. The topological polar surface area (TPSA) is 139 Å². The average molecular weight is 563 g/mol. The van der Waals surface area contributed by atoms with E-state index in [4.69, 9.17) is 18.9 Å². The summed E-state index contributed by atoms with van der Waals surface area (Å²) in [5.74, 6) is 0.997. The molecule has 11 nitrogen and oxygen atoms in total. The highest BCUT2D eigenvalue weighted by molar-refractivity contribution is 7.92. The second-order valence-corrected chi connectivity index (χ2v) is 10.5. The van der Waals surface area contributed by atoms with Crippen LogP contribution in [0.1, 0.15) is 5.56 Å². The standard InChI is InChI=1S/C28H26N4O7S/c1-36-23-6-3-21(4-7-23)31-40(34,35)27-16-22(5-8-24(27)32-10-12-37-13-11-32)30-28(33)20(17-29)14-19-2-9-25-26(15-19)39-18-38-25/h2-9,14-16,31H,10-13,18H2,1H3,(H,30,33)/b20-14+. The number of hydrogen-bond acceptors (Lipinski definition) is 9. The molecule has 12 heteroatoms. The van der Waals surface area contributed by atoms with Crippen molar-refractivity contribution in [3.05, 3.63) is 71.8 Å². The van der Waals surface area contributed by atoms with Gasteiger partial charge in [0.25, 0.3) is 15.9 Å². The lowest BCUT2D eigenvalue weighted by molar-refractivity contribution is -0.112. The van der Waals surface area contributed by atoms with Crippen LogP contribution in [0.25, 0.3) is 6.08 Å². The molecule has 2 aliphatic rings. The van der Waals surface area contributed by atoms with Crippen molar-refractivity contribution in [1.82, 2.24) is 0 Å². The molecule has 0 aliphatic carbocycles. The molecule has 1 saturated heterocycles. The first-order valence-electron chi connectivity index (χ1n) is 12.3. The van der Waals surface area contributed by atoms with E-state index >= 15 is 0 Å². The number of nitrogens with one attached hydrogen (secondary N) is 2. The Morgan fingerprint density at radius 1 is 1.00 bits per heavy atom. The number of carbonyl (C=O) groups excluding carboxylic acids is 1. The maximum Gasteiger partial charge on any atom is 0.266 e. The fourth-order valence-corrected chi connectivity index (χ4v) is 5.57. The number of rotatable bonds is 8. The Morgan fingerprint density at radius 3 is 2.45 bits per heavy atom. The third kappa shape index (κ3) is 5.96. The molecule has 1 amide bonds. The minimum Gasteiger partial charge on any atom is -0.497 e. The number of ether oxygens (including phenoxy) is 4. The number of hydrogen-bond donors (Lipinski definition) is 2. The molecule has 0 unspecified atom stereocenters. The van der Waals surface area contributed by atoms with Crippen LogP contribution in [0.4, 0.5) is 17.1 Å². The van der Waals surface area contributed by atoms with Crippen molar-refractivity contribution in [2.45, 2.75) is 4.90 Å². The van der Waals surface area contributed by atoms with Gasteiger partial charge in [-0.05, 0) is 66.2 Å². The molecular formula is C28H26N4O7S. The molecular weight excluding hydrogens is 536 g/mol. The van der Waals surface area contributed by atoms with Gasteiger partial charge in [0, 0.05) is 24.5 Å². The Morgan fingerprint density at radius 2 is 1.73 bits per heavy atom. The molecule has 0 bridgehead atoms. The molecule has 5 rings (SSSR count). The highest BCUT2D eigenvalue weighted by Crippen LogP contribution is 2.34. The zero-order chi connectivity index (χ0) is 28.1. The number of nitrogens with zero attached hydrogens (tertiary/aromatic N) is 2. The first kappa shape index (κ1) is 26.9. The van der Waals surface area contributed by atoms with Gasteiger partial charge in [-0.1, -0.05) is 6.07 Å². The predicted molar refractivity (Wildman–Crippen MR) is 148 cm³/mol. The molecule has 0 spiro atoms. The van der Waals surface area contributed by atoms with Crippen LogP contribution < -0.4 is 29.1 Å². The summed E-state index contributed by atoms with van der Waals surface area (Å²) in [6.45, 7) is 2.04. The molecule has 3 aromatic carbocycles. The number of carbonyl (C=O) groups is 1. The zero-order valence-electron chi connectivity index (χ0n) is 21.5. The molecule has 0 aromatic heterocycles. The third-order valence-electron chi connectivity index (χ3n) is 6.27. The maximum atomic E-state index is 13.6. The molecule has 2 aliphatic heterocycles. The van der Waals surface area contributed by atoms with Crippen molar-refractivity contribution in [3.8, 4) is 23.3 Å². The van der Waals surface area contributed by atoms with Gasteiger partial charge in [0.1, 0.15) is 22.3 Å². The van der Waals surface area contributed by atoms with Crippen LogP contribution in [-0.2, 0) is 19.6 Å². The Balaban J connectivity index is 1.43. The van der Waals surface area contributed by atoms with Crippen LogP contribution in [-0.4, -0.2) is 54.5 Å². The summed E-state index contributed by atoms with van der Waals surface area (Å²) in [4.78, 5) is 14.9. The number of fused-ring (bicyclic) bond motifs is 1. The fraction of sp³-hybridized carbons (Fsp3) is 0.214. The highest BCUT2D eigenvalue weighted by Gasteiger charge is 2.25. The normalized spacial score (nSPS) is 14.8. The summed E-state index contributed by atoms with van der Waals surface area (Å²) in [7, 11) is -2.56. The molecule has 0 radical (unpaired) electrons. The number of benzene rings is 3. The van der Waals surface area contributed by atoms with Gasteiger partial charge in [-0.25, -0.2) is 8.42 Å². The third-order valence-corrected chi connectivity index (χ3v) is 7.68. The second-order valence-electron chi connectivity index (χ2n) is 8.85. The van der Waals surface area contributed by atoms with E-state index in [9.17, 15) is 18.5 Å². The minimum atomic E-state index is -4.08. The second kappa shape index (κ2) is 11.6. The van der Waals surface area contributed by atoms with Gasteiger partial charge >= 0.3 is 0 Å². The van der Waals surface area contributed by atoms with E-state index in [1.54, 1.807) is 54.6 Å². The Kier molecular flexibility index (Phi) is 7.77. The number of amides is 1. The minimum absolute atomic E-state index is 0.0266. The van der Waals surface area contributed by atoms with Crippen molar-refractivity contribution >= 4 is 39.1 Å². The molecule has 2 heterocycles. The number of nitriles is 1.